The number of ketones is 1. The smallest absolute Gasteiger partial charge is 0.203 e. The predicted molar refractivity (Wildman–Crippen MR) is 68.7 cm³/mol. The Hall–Kier alpha value is -1.70. The molecule has 1 fully saturated rings. The van der Waals surface area contributed by atoms with Crippen LogP contribution in [-0.4, -0.2) is 19.0 Å². The fourth-order valence-corrected chi connectivity index (χ4v) is 2.92. The zero-order chi connectivity index (χ0) is 15.0. The maximum absolute atomic E-state index is 13.2. The van der Waals surface area contributed by atoms with Crippen LogP contribution in [0.4, 0.5) is 13.2 Å². The van der Waals surface area contributed by atoms with Crippen molar-refractivity contribution in [1.29, 1.82) is 0 Å². The van der Waals surface area contributed by atoms with Gasteiger partial charge in [0.25, 0.3) is 0 Å². The van der Waals surface area contributed by atoms with Crippen molar-refractivity contribution in [3.63, 3.8) is 0 Å². The summed E-state index contributed by atoms with van der Waals surface area (Å²) in [5.41, 5.74) is -0.243. The average molecular weight is 314 g/mol. The van der Waals surface area contributed by atoms with Gasteiger partial charge in [-0.2, -0.15) is 0 Å². The Kier molecular flexibility index (Phi) is 3.79. The number of ether oxygens (including phenoxy) is 2. The van der Waals surface area contributed by atoms with Crippen LogP contribution in [0.25, 0.3) is 0 Å². The minimum atomic E-state index is -1.59. The number of carbonyl (C=O) groups is 1. The van der Waals surface area contributed by atoms with Gasteiger partial charge in [0.05, 0.1) is 23.0 Å². The molecule has 0 radical (unpaired) electrons. The van der Waals surface area contributed by atoms with E-state index in [1.807, 2.05) is 0 Å². The molecule has 7 heteroatoms. The lowest BCUT2D eigenvalue weighted by molar-refractivity contribution is -0.0413. The first-order chi connectivity index (χ1) is 10.1. The van der Waals surface area contributed by atoms with Crippen LogP contribution in [0.15, 0.2) is 24.3 Å². The summed E-state index contributed by atoms with van der Waals surface area (Å²) in [5, 5.41) is 0. The van der Waals surface area contributed by atoms with Crippen LogP contribution < -0.4 is 0 Å². The van der Waals surface area contributed by atoms with Gasteiger partial charge in [-0.1, -0.05) is 0 Å². The number of thiophene rings is 1. The molecule has 21 heavy (non-hydrogen) atoms. The first kappa shape index (κ1) is 14.2. The van der Waals surface area contributed by atoms with Crippen LogP contribution in [0.5, 0.6) is 0 Å². The summed E-state index contributed by atoms with van der Waals surface area (Å²) in [4.78, 5) is 13.1. The molecule has 0 amide bonds. The van der Waals surface area contributed by atoms with Crippen molar-refractivity contribution in [1.82, 2.24) is 0 Å². The van der Waals surface area contributed by atoms with Crippen LogP contribution in [0.2, 0.25) is 0 Å². The van der Waals surface area contributed by atoms with Gasteiger partial charge in [0, 0.05) is 5.56 Å². The van der Waals surface area contributed by atoms with E-state index in [1.165, 1.54) is 6.07 Å². The lowest BCUT2D eigenvalue weighted by Gasteiger charge is -2.04. The standard InChI is InChI=1S/C14H9F3O3S/c15-8-5-7(6-9(16)12(8)17)13(18)10-1-2-11(21-10)14-19-3-4-20-14/h1-2,5-6,14H,3-4H2. The molecule has 110 valence electrons. The zero-order valence-electron chi connectivity index (χ0n) is 10.6. The third-order valence-electron chi connectivity index (χ3n) is 2.95. The van der Waals surface area contributed by atoms with Crippen molar-refractivity contribution >= 4 is 17.1 Å². The molecule has 1 aliphatic heterocycles. The third kappa shape index (κ3) is 2.72. The van der Waals surface area contributed by atoms with Gasteiger partial charge in [0.1, 0.15) is 0 Å². The van der Waals surface area contributed by atoms with Gasteiger partial charge in [-0.05, 0) is 24.3 Å². The molecule has 3 nitrogen and oxygen atoms in total. The Morgan fingerprint density at radius 3 is 2.33 bits per heavy atom. The Labute approximate surface area is 121 Å². The monoisotopic (exact) mass is 314 g/mol. The highest BCUT2D eigenvalue weighted by molar-refractivity contribution is 7.14. The quantitative estimate of drug-likeness (QED) is 0.643. The fourth-order valence-electron chi connectivity index (χ4n) is 1.95. The van der Waals surface area contributed by atoms with Crippen molar-refractivity contribution in [2.75, 3.05) is 13.2 Å². The second kappa shape index (κ2) is 5.59. The Bertz CT molecular complexity index is 670. The van der Waals surface area contributed by atoms with E-state index in [9.17, 15) is 18.0 Å². The summed E-state index contributed by atoms with van der Waals surface area (Å²) < 4.78 is 49.8. The van der Waals surface area contributed by atoms with Gasteiger partial charge in [0.2, 0.25) is 5.78 Å². The number of rotatable bonds is 3. The molecule has 0 N–H and O–H groups in total. The predicted octanol–water partition coefficient (Wildman–Crippen LogP) is 3.44. The molecule has 2 heterocycles. The first-order valence-corrected chi connectivity index (χ1v) is 6.90. The van der Waals surface area contributed by atoms with Crippen LogP contribution in [0.1, 0.15) is 26.4 Å². The number of carbonyl (C=O) groups excluding carboxylic acids is 1. The number of benzene rings is 1. The summed E-state index contributed by atoms with van der Waals surface area (Å²) >= 11 is 1.11. The van der Waals surface area contributed by atoms with Gasteiger partial charge in [0.15, 0.2) is 23.7 Å². The summed E-state index contributed by atoms with van der Waals surface area (Å²) in [7, 11) is 0. The summed E-state index contributed by atoms with van der Waals surface area (Å²) in [6.07, 6.45) is -0.516. The van der Waals surface area contributed by atoms with Crippen molar-refractivity contribution in [3.05, 3.63) is 57.0 Å². The molecule has 1 saturated heterocycles. The zero-order valence-corrected chi connectivity index (χ0v) is 11.4. The Morgan fingerprint density at radius 2 is 1.71 bits per heavy atom. The van der Waals surface area contributed by atoms with Gasteiger partial charge in [-0.15, -0.1) is 11.3 Å². The van der Waals surface area contributed by atoms with E-state index in [0.717, 1.165) is 11.3 Å². The normalized spacial score (nSPS) is 15.6. The maximum Gasteiger partial charge on any atom is 0.203 e. The number of halogens is 3. The Balaban J connectivity index is 1.88. The van der Waals surface area contributed by atoms with E-state index < -0.39 is 29.5 Å². The molecule has 1 aromatic carbocycles. The molecule has 1 aliphatic rings. The highest BCUT2D eigenvalue weighted by Gasteiger charge is 2.23. The lowest BCUT2D eigenvalue weighted by Crippen LogP contribution is -2.02. The van der Waals surface area contributed by atoms with Crippen molar-refractivity contribution < 1.29 is 27.4 Å². The van der Waals surface area contributed by atoms with Gasteiger partial charge in [-0.3, -0.25) is 4.79 Å². The van der Waals surface area contributed by atoms with E-state index in [4.69, 9.17) is 9.47 Å². The number of hydrogen-bond acceptors (Lipinski definition) is 4. The summed E-state index contributed by atoms with van der Waals surface area (Å²) in [6, 6.07) is 4.54. The van der Waals surface area contributed by atoms with Gasteiger partial charge in [-0.25, -0.2) is 13.2 Å². The SMILES string of the molecule is O=C(c1cc(F)c(F)c(F)c1)c1ccc(C2OCCO2)s1. The van der Waals surface area contributed by atoms with Gasteiger partial charge >= 0.3 is 0 Å². The molecule has 0 aliphatic carbocycles. The van der Waals surface area contributed by atoms with E-state index in [1.54, 1.807) is 6.07 Å². The maximum atomic E-state index is 13.2. The second-order valence-electron chi connectivity index (χ2n) is 4.36. The van der Waals surface area contributed by atoms with E-state index in [0.29, 0.717) is 30.2 Å². The van der Waals surface area contributed by atoms with Crippen molar-refractivity contribution in [3.8, 4) is 0 Å². The van der Waals surface area contributed by atoms with Crippen molar-refractivity contribution in [2.24, 2.45) is 0 Å². The van der Waals surface area contributed by atoms with Gasteiger partial charge < -0.3 is 9.47 Å². The lowest BCUT2D eigenvalue weighted by atomic mass is 10.1. The van der Waals surface area contributed by atoms with E-state index in [2.05, 4.69) is 0 Å². The highest BCUT2D eigenvalue weighted by atomic mass is 32.1. The molecule has 2 aromatic rings. The molecule has 3 rings (SSSR count). The number of hydrogen-bond donors (Lipinski definition) is 0. The molecule has 0 saturated carbocycles. The Morgan fingerprint density at radius 1 is 1.10 bits per heavy atom. The molecule has 0 atom stereocenters. The van der Waals surface area contributed by atoms with E-state index >= 15 is 0 Å². The van der Waals surface area contributed by atoms with E-state index in [-0.39, 0.29) is 10.4 Å². The first-order valence-electron chi connectivity index (χ1n) is 6.08. The average Bonchev–Trinajstić information content (AvgIpc) is 3.13. The largest absolute Gasteiger partial charge is 0.345 e. The topological polar surface area (TPSA) is 35.5 Å². The highest BCUT2D eigenvalue weighted by Crippen LogP contribution is 2.31. The molecule has 0 bridgehead atoms. The molecule has 1 aromatic heterocycles. The molecular formula is C14H9F3O3S. The fraction of sp³-hybridized carbons (Fsp3) is 0.214. The second-order valence-corrected chi connectivity index (χ2v) is 5.47. The van der Waals surface area contributed by atoms with Crippen LogP contribution in [-0.2, 0) is 9.47 Å². The minimum Gasteiger partial charge on any atom is -0.345 e. The molecule has 0 unspecified atom stereocenters. The summed E-state index contributed by atoms with van der Waals surface area (Å²) in [6.45, 7) is 0.945. The minimum absolute atomic E-state index is 0.243. The summed E-state index contributed by atoms with van der Waals surface area (Å²) in [5.74, 6) is -4.96. The third-order valence-corrected chi connectivity index (χ3v) is 4.06. The van der Waals surface area contributed by atoms with Crippen LogP contribution in [0, 0.1) is 17.5 Å². The molecule has 0 spiro atoms. The van der Waals surface area contributed by atoms with Crippen molar-refractivity contribution in [2.45, 2.75) is 6.29 Å². The molecular weight excluding hydrogens is 305 g/mol. The van der Waals surface area contributed by atoms with Crippen LogP contribution in [0.3, 0.4) is 0 Å². The van der Waals surface area contributed by atoms with Crippen LogP contribution >= 0.6 is 11.3 Å².